The summed E-state index contributed by atoms with van der Waals surface area (Å²) in [6, 6.07) is 43.1. The Morgan fingerprint density at radius 1 is 0.455 bits per heavy atom. The number of ether oxygens (including phenoxy) is 4. The molecule has 0 bridgehead atoms. The van der Waals surface area contributed by atoms with Crippen LogP contribution in [0.5, 0.6) is 23.0 Å². The van der Waals surface area contributed by atoms with Crippen LogP contribution in [-0.4, -0.2) is 183 Å². The summed E-state index contributed by atoms with van der Waals surface area (Å²) >= 11 is 38.4. The maximum atomic E-state index is 12.4. The SMILES string of the molecule is CCC1Cc2cc(-c3ccc4c(c3)C(=O)N(C)C4=O)cc(Cl)c2O1.CCC1Cc2cc(B3OC(C)(C)C(C)(C)O3)cc(Cl)c2O1.CN1C(=O)c2ccc(-c3cc(Cl)c4c(c3)CC(CN)O4)cc2C1=O.CN1C(=O)c2ccc(-c3cc(Cl)c4c(c3)CC(CNC(=O)/C=C/c3ccc(N)nc3)O4)cc2C1=O.CN1C(=O)c2ccc(Br)cc2C1=O.ClCCl.Nc1ccc(/C=C/C(=O)O)cn1. The van der Waals surface area contributed by atoms with E-state index in [0.29, 0.717) is 119 Å². The van der Waals surface area contributed by atoms with Crippen LogP contribution in [0.3, 0.4) is 0 Å². The number of imide groups is 4. The number of nitrogen functional groups attached to an aromatic ring is 2. The second kappa shape index (κ2) is 41.0. The number of rotatable bonds is 13. The molecular formula is C97H90BBrCl6N10O17. The van der Waals surface area contributed by atoms with Crippen molar-refractivity contribution in [2.24, 2.45) is 5.73 Å². The van der Waals surface area contributed by atoms with Crippen LogP contribution in [0.25, 0.3) is 45.5 Å². The minimum atomic E-state index is -0.980. The normalized spacial score (nSPS) is 17.8. The first-order valence-corrected chi connectivity index (χ1v) is 45.1. The smallest absolute Gasteiger partial charge is 0.488 e. The van der Waals surface area contributed by atoms with Crippen LogP contribution < -0.4 is 46.9 Å². The highest BCUT2D eigenvalue weighted by Gasteiger charge is 2.52. The third-order valence-corrected chi connectivity index (χ3v) is 25.0. The minimum absolute atomic E-state index is 0.0550. The highest BCUT2D eigenvalue weighted by Crippen LogP contribution is 2.46. The third kappa shape index (κ3) is 21.2. The van der Waals surface area contributed by atoms with E-state index in [-0.39, 0.29) is 101 Å². The molecule has 0 saturated carbocycles. The van der Waals surface area contributed by atoms with Crippen LogP contribution in [0.1, 0.15) is 171 Å². The molecule has 19 rings (SSSR count). The molecule has 0 spiro atoms. The van der Waals surface area contributed by atoms with Crippen molar-refractivity contribution in [1.29, 1.82) is 0 Å². The number of alkyl halides is 2. The van der Waals surface area contributed by atoms with Gasteiger partial charge in [0.1, 0.15) is 59.0 Å². The molecule has 682 valence electrons. The van der Waals surface area contributed by atoms with E-state index in [9.17, 15) is 47.9 Å². The van der Waals surface area contributed by atoms with Crippen LogP contribution in [0, 0.1) is 0 Å². The van der Waals surface area contributed by atoms with Crippen molar-refractivity contribution < 1.29 is 81.3 Å². The largest absolute Gasteiger partial charge is 0.494 e. The second-order valence-corrected chi connectivity index (χ2v) is 36.1. The van der Waals surface area contributed by atoms with E-state index in [2.05, 4.69) is 84.9 Å². The van der Waals surface area contributed by atoms with Gasteiger partial charge >= 0.3 is 13.1 Å². The lowest BCUT2D eigenvalue weighted by atomic mass is 9.78. The first-order valence-electron chi connectivity index (χ1n) is 41.7. The first-order chi connectivity index (χ1) is 62.7. The Hall–Kier alpha value is -12.0. The van der Waals surface area contributed by atoms with Gasteiger partial charge in [-0.15, -0.1) is 23.2 Å². The molecule has 8 N–H and O–H groups in total. The molecule has 2 aromatic heterocycles. The number of carbonyl (C=O) groups is 10. The molecular weight excluding hydrogens is 1880 g/mol. The summed E-state index contributed by atoms with van der Waals surface area (Å²) < 4.78 is 36.4. The van der Waals surface area contributed by atoms with Crippen LogP contribution in [0.2, 0.25) is 20.1 Å². The number of aliphatic carboxylic acids is 1. The standard InChI is InChI=1S/C26H21ClN4O4.C19H16ClNO3.C18H15ClN2O3.C16H22BClO3.C9H6BrNO2.C8H8N2O2.CH2Cl2/c1-31-25(33)19-5-4-15(10-20(19)26(31)34)16-8-17-9-18(35-24(17)21(27)11-16)13-30-23(32)7-3-14-2-6-22(28)29-12-14;1-3-13-7-12-6-11(9-16(20)17(12)24-13)10-4-5-14-15(8-10)19(23)21(2)18(14)22;1-21-17(22)13-3-2-9(6-14(13)18(21)23)10-4-11-5-12(8-20)24-16(11)15(19)7-10;1-6-12-8-10-7-11(9-13(18)14(10)19-12)17-20-15(2,3)16(4,5)21-17;1-11-8(12)6-3-2-5(10)4-7(6)9(11)13;9-7-3-1-6(5-10-7)2-4-8(11)12;2-1-3/h2-8,10-12,18H,9,13H2,1H3,(H2,28,29)(H,30,32);4-6,8-9,13H,3,7H2,1-2H3;2-4,6-7,12H,5,8,20H2,1H3;7,9,12H,6,8H2,1-5H3;2-4H,1H3;1-5H,(H2,9,10)(H,11,12);1H2/b7-3+;;;;;4-2+;. The molecule has 0 aliphatic carbocycles. The predicted molar refractivity (Wildman–Crippen MR) is 512 cm³/mol. The van der Waals surface area contributed by atoms with Crippen LogP contribution >= 0.6 is 85.5 Å². The molecule has 1 fully saturated rings. The van der Waals surface area contributed by atoms with Gasteiger partial charge in [-0.3, -0.25) is 62.8 Å². The topological polar surface area (TPSA) is 375 Å². The number of amides is 9. The lowest BCUT2D eigenvalue weighted by Crippen LogP contribution is -2.41. The fraction of sp³-hybridized carbons (Fsp3) is 0.258. The maximum Gasteiger partial charge on any atom is 0.494 e. The van der Waals surface area contributed by atoms with Gasteiger partial charge in [-0.1, -0.05) is 100 Å². The van der Waals surface area contributed by atoms with E-state index < -0.39 is 5.97 Å². The highest BCUT2D eigenvalue weighted by atomic mass is 79.9. The number of carboxylic acid groups (broad SMARTS) is 1. The molecule has 27 nitrogen and oxygen atoms in total. The summed E-state index contributed by atoms with van der Waals surface area (Å²) in [5.41, 5.74) is 31.1. The van der Waals surface area contributed by atoms with Gasteiger partial charge < -0.3 is 55.9 Å². The first kappa shape index (κ1) is 97.5. The third-order valence-electron chi connectivity index (χ3n) is 23.4. The fourth-order valence-electron chi connectivity index (χ4n) is 15.5. The van der Waals surface area contributed by atoms with Crippen molar-refractivity contribution in [2.75, 3.05) is 58.1 Å². The molecule has 0 radical (unpaired) electrons. The molecule has 10 aromatic rings. The molecule has 132 heavy (non-hydrogen) atoms. The van der Waals surface area contributed by atoms with Crippen molar-refractivity contribution in [2.45, 2.75) is 116 Å². The van der Waals surface area contributed by atoms with E-state index in [1.54, 1.807) is 103 Å². The van der Waals surface area contributed by atoms with Crippen molar-refractivity contribution >= 4 is 181 Å². The van der Waals surface area contributed by atoms with Crippen molar-refractivity contribution in [1.82, 2.24) is 34.9 Å². The summed E-state index contributed by atoms with van der Waals surface area (Å²) in [7, 11) is 5.56. The summed E-state index contributed by atoms with van der Waals surface area (Å²) in [6.45, 7) is 13.2. The lowest BCUT2D eigenvalue weighted by molar-refractivity contribution is -0.131. The number of benzene rings is 8. The highest BCUT2D eigenvalue weighted by molar-refractivity contribution is 9.10. The van der Waals surface area contributed by atoms with Gasteiger partial charge in [0.25, 0.3) is 47.3 Å². The number of fused-ring (bicyclic) bond motifs is 8. The minimum Gasteiger partial charge on any atom is -0.488 e. The number of nitrogens with one attached hydrogen (secondary N) is 1. The molecule has 35 heteroatoms. The number of pyridine rings is 2. The number of aromatic nitrogens is 2. The second-order valence-electron chi connectivity index (χ2n) is 32.8. The van der Waals surface area contributed by atoms with Crippen molar-refractivity contribution in [3.05, 3.63) is 273 Å². The average molecular weight is 1970 g/mol. The Morgan fingerprint density at radius 2 is 0.780 bits per heavy atom. The van der Waals surface area contributed by atoms with Gasteiger partial charge in [0.2, 0.25) is 5.91 Å². The number of nitrogens with two attached hydrogens (primary N) is 3. The molecule has 4 atom stereocenters. The van der Waals surface area contributed by atoms with E-state index in [0.717, 1.165) is 134 Å². The van der Waals surface area contributed by atoms with Crippen LogP contribution in [-0.2, 0) is 44.6 Å². The van der Waals surface area contributed by atoms with E-state index in [1.807, 2.05) is 42.5 Å². The van der Waals surface area contributed by atoms with E-state index in [1.165, 1.54) is 46.5 Å². The summed E-state index contributed by atoms with van der Waals surface area (Å²) in [4.78, 5) is 130. The lowest BCUT2D eigenvalue weighted by Gasteiger charge is -2.32. The molecule has 11 heterocycles. The molecule has 1 saturated heterocycles. The van der Waals surface area contributed by atoms with Gasteiger partial charge in [-0.25, -0.2) is 14.8 Å². The number of nitrogens with zero attached hydrogens (tertiary/aromatic N) is 6. The van der Waals surface area contributed by atoms with Gasteiger partial charge in [0.05, 0.1) is 87.7 Å². The molecule has 4 unspecified atom stereocenters. The van der Waals surface area contributed by atoms with Gasteiger partial charge in [-0.05, 0) is 235 Å². The quantitative estimate of drug-likeness (QED) is 0.0310. The molecule has 9 amide bonds. The molecule has 9 aliphatic rings. The number of carbonyl (C=O) groups excluding carboxylic acids is 9. The van der Waals surface area contributed by atoms with Gasteiger partial charge in [0, 0.05) is 101 Å². The van der Waals surface area contributed by atoms with Crippen LogP contribution in [0.4, 0.5) is 11.6 Å². The zero-order valence-electron chi connectivity index (χ0n) is 73.1. The van der Waals surface area contributed by atoms with Crippen LogP contribution in [0.15, 0.2) is 175 Å². The predicted octanol–water partition coefficient (Wildman–Crippen LogP) is 17.0. The zero-order chi connectivity index (χ0) is 95.4. The Labute approximate surface area is 799 Å². The summed E-state index contributed by atoms with van der Waals surface area (Å²) in [5, 5.41) is 13.5. The van der Waals surface area contributed by atoms with Gasteiger partial charge in [0.15, 0.2) is 0 Å². The maximum absolute atomic E-state index is 12.4. The summed E-state index contributed by atoms with van der Waals surface area (Å²) in [6.07, 6.45) is 13.7. The number of carboxylic acids is 1. The van der Waals surface area contributed by atoms with Crippen molar-refractivity contribution in [3.8, 4) is 56.4 Å². The molecule has 8 aromatic carbocycles. The summed E-state index contributed by atoms with van der Waals surface area (Å²) in [5.74, 6) is 0.296. The average Bonchev–Trinajstić information content (AvgIpc) is 1.62. The fourth-order valence-corrected chi connectivity index (χ4v) is 17.0. The number of anilines is 2. The van der Waals surface area contributed by atoms with Gasteiger partial charge in [-0.2, -0.15) is 0 Å². The Balaban J connectivity index is 0.000000138. The Bertz CT molecular complexity index is 6220. The van der Waals surface area contributed by atoms with Crippen molar-refractivity contribution in [3.63, 3.8) is 0 Å². The number of hydrogen-bond acceptors (Lipinski definition) is 21. The number of hydrogen-bond donors (Lipinski definition) is 5. The monoisotopic (exact) mass is 1970 g/mol. The Kier molecular flexibility index (Phi) is 30.3. The Morgan fingerprint density at radius 3 is 1.14 bits per heavy atom. The zero-order valence-corrected chi connectivity index (χ0v) is 79.2. The molecule has 9 aliphatic heterocycles. The van der Waals surface area contributed by atoms with E-state index >= 15 is 0 Å². The van der Waals surface area contributed by atoms with E-state index in [4.69, 9.17) is 120 Å². The number of halogens is 7.